The number of hydrogen-bond acceptors (Lipinski definition) is 3. The van der Waals surface area contributed by atoms with Crippen molar-refractivity contribution in [3.63, 3.8) is 0 Å². The Bertz CT molecular complexity index is 517. The summed E-state index contributed by atoms with van der Waals surface area (Å²) >= 11 is 5.83. The summed E-state index contributed by atoms with van der Waals surface area (Å²) in [5.74, 6) is 0.665. The standard InChI is InChI=1S/C15H21ClN2O2/c1-10-6-12(9-15(2,3)8-10)17-11-4-5-13(16)14(7-11)18(19)20/h4-5,7,10,12,17H,6,8-9H2,1-3H3. The van der Waals surface area contributed by atoms with E-state index in [9.17, 15) is 10.1 Å². The van der Waals surface area contributed by atoms with Crippen LogP contribution < -0.4 is 5.32 Å². The van der Waals surface area contributed by atoms with E-state index < -0.39 is 4.92 Å². The third-order valence-corrected chi connectivity index (χ3v) is 4.22. The van der Waals surface area contributed by atoms with Gasteiger partial charge in [-0.3, -0.25) is 10.1 Å². The molecule has 1 fully saturated rings. The maximum absolute atomic E-state index is 10.9. The van der Waals surface area contributed by atoms with Crippen molar-refractivity contribution in [2.75, 3.05) is 5.32 Å². The second-order valence-electron chi connectivity index (χ2n) is 6.68. The van der Waals surface area contributed by atoms with E-state index in [1.54, 1.807) is 6.07 Å². The second kappa shape index (κ2) is 5.60. The number of benzene rings is 1. The van der Waals surface area contributed by atoms with Crippen LogP contribution in [0.4, 0.5) is 11.4 Å². The van der Waals surface area contributed by atoms with Gasteiger partial charge in [-0.2, -0.15) is 0 Å². The summed E-state index contributed by atoms with van der Waals surface area (Å²) in [5, 5.41) is 14.5. The Balaban J connectivity index is 2.14. The van der Waals surface area contributed by atoms with Gasteiger partial charge in [0, 0.05) is 17.8 Å². The first-order valence-electron chi connectivity index (χ1n) is 6.97. The van der Waals surface area contributed by atoms with E-state index >= 15 is 0 Å². The van der Waals surface area contributed by atoms with Crippen molar-refractivity contribution in [3.05, 3.63) is 33.3 Å². The molecule has 0 bridgehead atoms. The van der Waals surface area contributed by atoms with Crippen LogP contribution in [0.15, 0.2) is 18.2 Å². The molecule has 1 saturated carbocycles. The maximum atomic E-state index is 10.9. The summed E-state index contributed by atoms with van der Waals surface area (Å²) in [6.07, 6.45) is 3.40. The van der Waals surface area contributed by atoms with Gasteiger partial charge in [0.1, 0.15) is 5.02 Å². The Kier molecular flexibility index (Phi) is 4.23. The fourth-order valence-electron chi connectivity index (χ4n) is 3.43. The molecule has 0 amide bonds. The SMILES string of the molecule is CC1CC(Nc2ccc(Cl)c([N+](=O)[O-])c2)CC(C)(C)C1. The summed E-state index contributed by atoms with van der Waals surface area (Å²) in [6.45, 7) is 6.82. The summed E-state index contributed by atoms with van der Waals surface area (Å²) < 4.78 is 0. The molecular formula is C15H21ClN2O2. The molecule has 1 aliphatic carbocycles. The summed E-state index contributed by atoms with van der Waals surface area (Å²) in [5.41, 5.74) is 1.05. The molecule has 1 aromatic rings. The highest BCUT2D eigenvalue weighted by Gasteiger charge is 2.32. The van der Waals surface area contributed by atoms with E-state index in [0.29, 0.717) is 17.4 Å². The Morgan fingerprint density at radius 1 is 1.40 bits per heavy atom. The van der Waals surface area contributed by atoms with Crippen molar-refractivity contribution >= 4 is 23.0 Å². The molecule has 5 heteroatoms. The van der Waals surface area contributed by atoms with Crippen molar-refractivity contribution in [2.45, 2.75) is 46.1 Å². The highest BCUT2D eigenvalue weighted by atomic mass is 35.5. The van der Waals surface area contributed by atoms with Gasteiger partial charge < -0.3 is 5.32 Å². The normalized spacial score (nSPS) is 25.2. The Labute approximate surface area is 124 Å². The topological polar surface area (TPSA) is 55.2 Å². The molecule has 0 heterocycles. The molecule has 0 aliphatic heterocycles. The number of hydrogen-bond donors (Lipinski definition) is 1. The van der Waals surface area contributed by atoms with E-state index in [2.05, 4.69) is 26.1 Å². The van der Waals surface area contributed by atoms with Crippen LogP contribution in [0.25, 0.3) is 0 Å². The van der Waals surface area contributed by atoms with Crippen LogP contribution in [0.3, 0.4) is 0 Å². The number of anilines is 1. The van der Waals surface area contributed by atoms with Gasteiger partial charge in [-0.05, 0) is 42.7 Å². The molecule has 0 saturated heterocycles. The molecule has 110 valence electrons. The average Bonchev–Trinajstić information content (AvgIpc) is 2.28. The van der Waals surface area contributed by atoms with Crippen molar-refractivity contribution in [1.82, 2.24) is 0 Å². The van der Waals surface area contributed by atoms with Gasteiger partial charge in [-0.1, -0.05) is 32.4 Å². The molecule has 2 atom stereocenters. The monoisotopic (exact) mass is 296 g/mol. The van der Waals surface area contributed by atoms with Crippen LogP contribution in [0, 0.1) is 21.4 Å². The number of nitro groups is 1. The van der Waals surface area contributed by atoms with Gasteiger partial charge in [-0.25, -0.2) is 0 Å². The Morgan fingerprint density at radius 3 is 2.70 bits per heavy atom. The molecule has 2 rings (SSSR count). The predicted molar refractivity (Wildman–Crippen MR) is 82.3 cm³/mol. The van der Waals surface area contributed by atoms with Crippen molar-refractivity contribution in [1.29, 1.82) is 0 Å². The lowest BCUT2D eigenvalue weighted by atomic mass is 9.70. The van der Waals surface area contributed by atoms with Crippen molar-refractivity contribution in [3.8, 4) is 0 Å². The number of nitrogens with one attached hydrogen (secondary N) is 1. The first-order valence-corrected chi connectivity index (χ1v) is 7.35. The van der Waals surface area contributed by atoms with Gasteiger partial charge in [0.05, 0.1) is 4.92 Å². The summed E-state index contributed by atoms with van der Waals surface area (Å²) in [4.78, 5) is 10.5. The Morgan fingerprint density at radius 2 is 2.10 bits per heavy atom. The third kappa shape index (κ3) is 3.63. The predicted octanol–water partition coefficient (Wildman–Crippen LogP) is 4.87. The molecule has 1 aliphatic rings. The molecule has 4 nitrogen and oxygen atoms in total. The number of nitro benzene ring substituents is 1. The lowest BCUT2D eigenvalue weighted by molar-refractivity contribution is -0.384. The van der Waals surface area contributed by atoms with Gasteiger partial charge in [0.15, 0.2) is 0 Å². The van der Waals surface area contributed by atoms with Crippen LogP contribution in [0.5, 0.6) is 0 Å². The third-order valence-electron chi connectivity index (χ3n) is 3.90. The number of nitrogens with zero attached hydrogens (tertiary/aromatic N) is 1. The minimum atomic E-state index is -0.444. The number of rotatable bonds is 3. The molecular weight excluding hydrogens is 276 g/mol. The fourth-order valence-corrected chi connectivity index (χ4v) is 3.62. The van der Waals surface area contributed by atoms with Gasteiger partial charge in [-0.15, -0.1) is 0 Å². The lowest BCUT2D eigenvalue weighted by Gasteiger charge is -2.39. The maximum Gasteiger partial charge on any atom is 0.289 e. The zero-order valence-electron chi connectivity index (χ0n) is 12.1. The highest BCUT2D eigenvalue weighted by Crippen LogP contribution is 2.40. The molecule has 2 unspecified atom stereocenters. The first-order chi connectivity index (χ1) is 9.27. The minimum Gasteiger partial charge on any atom is -0.382 e. The van der Waals surface area contributed by atoms with Crippen molar-refractivity contribution in [2.24, 2.45) is 11.3 Å². The van der Waals surface area contributed by atoms with E-state index in [0.717, 1.165) is 18.5 Å². The minimum absolute atomic E-state index is 0.0419. The first kappa shape index (κ1) is 15.1. The van der Waals surface area contributed by atoms with E-state index in [1.807, 2.05) is 6.07 Å². The van der Waals surface area contributed by atoms with Crippen LogP contribution in [-0.2, 0) is 0 Å². The van der Waals surface area contributed by atoms with Gasteiger partial charge >= 0.3 is 0 Å². The summed E-state index contributed by atoms with van der Waals surface area (Å²) in [7, 11) is 0. The largest absolute Gasteiger partial charge is 0.382 e. The van der Waals surface area contributed by atoms with Crippen molar-refractivity contribution < 1.29 is 4.92 Å². The molecule has 0 radical (unpaired) electrons. The summed E-state index contributed by atoms with van der Waals surface area (Å²) in [6, 6.07) is 5.27. The molecule has 0 spiro atoms. The zero-order valence-corrected chi connectivity index (χ0v) is 12.9. The fraction of sp³-hybridized carbons (Fsp3) is 0.600. The van der Waals surface area contributed by atoms with Crippen LogP contribution >= 0.6 is 11.6 Å². The van der Waals surface area contributed by atoms with Crippen LogP contribution in [-0.4, -0.2) is 11.0 Å². The smallest absolute Gasteiger partial charge is 0.289 e. The lowest BCUT2D eigenvalue weighted by Crippen LogP contribution is -2.35. The molecule has 1 aromatic carbocycles. The number of halogens is 1. The molecule has 20 heavy (non-hydrogen) atoms. The van der Waals surface area contributed by atoms with E-state index in [4.69, 9.17) is 11.6 Å². The van der Waals surface area contributed by atoms with Gasteiger partial charge in [0.2, 0.25) is 0 Å². The average molecular weight is 297 g/mol. The van der Waals surface area contributed by atoms with E-state index in [-0.39, 0.29) is 10.7 Å². The second-order valence-corrected chi connectivity index (χ2v) is 7.09. The van der Waals surface area contributed by atoms with E-state index in [1.165, 1.54) is 12.5 Å². The molecule has 1 N–H and O–H groups in total. The van der Waals surface area contributed by atoms with Crippen LogP contribution in [0.1, 0.15) is 40.0 Å². The zero-order chi connectivity index (χ0) is 14.9. The molecule has 0 aromatic heterocycles. The highest BCUT2D eigenvalue weighted by molar-refractivity contribution is 6.32. The van der Waals surface area contributed by atoms with Crippen LogP contribution in [0.2, 0.25) is 5.02 Å². The Hall–Kier alpha value is -1.29. The van der Waals surface area contributed by atoms with Gasteiger partial charge in [0.25, 0.3) is 5.69 Å². The quantitative estimate of drug-likeness (QED) is 0.639.